The van der Waals surface area contributed by atoms with Gasteiger partial charge in [-0.15, -0.1) is 0 Å². The Morgan fingerprint density at radius 3 is 2.33 bits per heavy atom. The van der Waals surface area contributed by atoms with Gasteiger partial charge in [-0.1, -0.05) is 39.8 Å². The average Bonchev–Trinajstić information content (AvgIpc) is 3.18. The lowest BCUT2D eigenvalue weighted by atomic mass is 9.96. The molecule has 1 saturated heterocycles. The van der Waals surface area contributed by atoms with Gasteiger partial charge in [0.15, 0.2) is 6.17 Å². The van der Waals surface area contributed by atoms with Gasteiger partial charge in [0.25, 0.3) is 5.91 Å². The number of amidine groups is 1. The van der Waals surface area contributed by atoms with E-state index in [0.717, 1.165) is 44.1 Å². The van der Waals surface area contributed by atoms with Crippen LogP contribution in [-0.4, -0.2) is 64.7 Å². The van der Waals surface area contributed by atoms with Crippen molar-refractivity contribution in [2.45, 2.75) is 46.3 Å². The number of phenolic OH excluding ortho intramolecular Hbond substituents is 2. The van der Waals surface area contributed by atoms with Gasteiger partial charge in [0, 0.05) is 43.5 Å². The van der Waals surface area contributed by atoms with E-state index in [9.17, 15) is 15.0 Å². The number of phenols is 2. The molecule has 2 aliphatic heterocycles. The lowest BCUT2D eigenvalue weighted by Crippen LogP contribution is -2.41. The average molecular weight is 496 g/mol. The number of primary amides is 1. The fraction of sp³-hybridized carbons (Fsp3) is 0.481. The van der Waals surface area contributed by atoms with Crippen LogP contribution >= 0.6 is 0 Å². The van der Waals surface area contributed by atoms with Crippen molar-refractivity contribution in [2.24, 2.45) is 16.8 Å². The summed E-state index contributed by atoms with van der Waals surface area (Å²) in [7, 11) is 0. The van der Waals surface area contributed by atoms with Gasteiger partial charge in [-0.25, -0.2) is 0 Å². The summed E-state index contributed by atoms with van der Waals surface area (Å²) in [5.41, 5.74) is 8.95. The molecule has 194 valence electrons. The lowest BCUT2D eigenvalue weighted by Gasteiger charge is -2.33. The van der Waals surface area contributed by atoms with Crippen LogP contribution in [0, 0.1) is 5.92 Å². The van der Waals surface area contributed by atoms with Gasteiger partial charge in [0.05, 0.1) is 13.2 Å². The molecule has 1 atom stereocenters. The number of benzene rings is 2. The third kappa shape index (κ3) is 5.42. The first-order valence-corrected chi connectivity index (χ1v) is 12.5. The van der Waals surface area contributed by atoms with E-state index in [1.165, 1.54) is 6.07 Å². The van der Waals surface area contributed by atoms with Crippen molar-refractivity contribution >= 4 is 17.4 Å². The summed E-state index contributed by atoms with van der Waals surface area (Å²) in [6.45, 7) is 12.7. The second-order valence-corrected chi connectivity index (χ2v) is 10.2. The fourth-order valence-corrected chi connectivity index (χ4v) is 4.78. The number of anilines is 1. The van der Waals surface area contributed by atoms with E-state index in [1.807, 2.05) is 38.1 Å². The number of hydrogen-bond donors (Lipinski definition) is 3. The number of amides is 1. The Morgan fingerprint density at radius 1 is 1.08 bits per heavy atom. The van der Waals surface area contributed by atoms with Crippen LogP contribution < -0.4 is 10.6 Å². The molecule has 1 fully saturated rings. The molecular formula is C27H37N5O4. The zero-order chi connectivity index (χ0) is 26.0. The third-order valence-corrected chi connectivity index (χ3v) is 6.55. The van der Waals surface area contributed by atoms with E-state index in [1.54, 1.807) is 16.0 Å². The van der Waals surface area contributed by atoms with Crippen molar-refractivity contribution in [1.82, 2.24) is 9.91 Å². The molecule has 1 amide bonds. The second-order valence-electron chi connectivity index (χ2n) is 10.2. The standard InChI is InChI=1S/C27H37N5O4/c1-17(2)15-31-27(22-13-21(18(3)4)23(33)14-24(22)34)32(26(29-31)25(28)35)20-7-5-19(6-8-20)16-30-9-11-36-12-10-30/h5-8,13-14,17-18,27,33-34H,9-12,15-16H2,1-4H3,(H2,28,35). The highest BCUT2D eigenvalue weighted by atomic mass is 16.5. The van der Waals surface area contributed by atoms with Gasteiger partial charge in [-0.2, -0.15) is 5.10 Å². The minimum absolute atomic E-state index is 0.0359. The number of carbonyl (C=O) groups excluding carboxylic acids is 1. The summed E-state index contributed by atoms with van der Waals surface area (Å²) in [4.78, 5) is 16.7. The molecule has 9 nitrogen and oxygen atoms in total. The molecule has 0 spiro atoms. The van der Waals surface area contributed by atoms with Crippen molar-refractivity contribution in [2.75, 3.05) is 37.7 Å². The summed E-state index contributed by atoms with van der Waals surface area (Å²) < 4.78 is 5.44. The van der Waals surface area contributed by atoms with E-state index in [-0.39, 0.29) is 29.2 Å². The maximum Gasteiger partial charge on any atom is 0.286 e. The number of hydrazone groups is 1. The Labute approximate surface area is 212 Å². The maximum absolute atomic E-state index is 12.5. The van der Waals surface area contributed by atoms with E-state index in [0.29, 0.717) is 17.7 Å². The predicted molar refractivity (Wildman–Crippen MR) is 140 cm³/mol. The van der Waals surface area contributed by atoms with Crippen molar-refractivity contribution in [1.29, 1.82) is 0 Å². The zero-order valence-electron chi connectivity index (χ0n) is 21.5. The molecule has 0 saturated carbocycles. The highest BCUT2D eigenvalue weighted by Crippen LogP contribution is 2.43. The molecule has 36 heavy (non-hydrogen) atoms. The second kappa shape index (κ2) is 10.8. The van der Waals surface area contributed by atoms with Crippen LogP contribution in [0.4, 0.5) is 5.69 Å². The summed E-state index contributed by atoms with van der Waals surface area (Å²) in [6.07, 6.45) is -0.599. The molecular weight excluding hydrogens is 458 g/mol. The lowest BCUT2D eigenvalue weighted by molar-refractivity contribution is -0.112. The number of aromatic hydroxyl groups is 2. The number of carbonyl (C=O) groups is 1. The first kappa shape index (κ1) is 25.8. The molecule has 0 aromatic heterocycles. The van der Waals surface area contributed by atoms with E-state index >= 15 is 0 Å². The van der Waals surface area contributed by atoms with Gasteiger partial charge in [0.1, 0.15) is 11.5 Å². The summed E-state index contributed by atoms with van der Waals surface area (Å²) in [5.74, 6) is -0.287. The predicted octanol–water partition coefficient (Wildman–Crippen LogP) is 3.33. The van der Waals surface area contributed by atoms with Crippen LogP contribution in [0.1, 0.15) is 56.5 Å². The largest absolute Gasteiger partial charge is 0.508 e. The zero-order valence-corrected chi connectivity index (χ0v) is 21.5. The van der Waals surface area contributed by atoms with Crippen LogP contribution in [0.5, 0.6) is 11.5 Å². The van der Waals surface area contributed by atoms with Crippen LogP contribution in [0.25, 0.3) is 0 Å². The van der Waals surface area contributed by atoms with Crippen molar-refractivity contribution < 1.29 is 19.7 Å². The smallest absolute Gasteiger partial charge is 0.286 e. The van der Waals surface area contributed by atoms with E-state index in [4.69, 9.17) is 10.5 Å². The first-order valence-electron chi connectivity index (χ1n) is 12.5. The molecule has 0 radical (unpaired) electrons. The van der Waals surface area contributed by atoms with Gasteiger partial charge < -0.3 is 20.7 Å². The third-order valence-electron chi connectivity index (χ3n) is 6.55. The van der Waals surface area contributed by atoms with Crippen molar-refractivity contribution in [3.63, 3.8) is 0 Å². The minimum Gasteiger partial charge on any atom is -0.508 e. The molecule has 9 heteroatoms. The molecule has 4 N–H and O–H groups in total. The molecule has 2 aliphatic rings. The quantitative estimate of drug-likeness (QED) is 0.515. The van der Waals surface area contributed by atoms with Crippen molar-refractivity contribution in [3.05, 3.63) is 53.1 Å². The van der Waals surface area contributed by atoms with Gasteiger partial charge >= 0.3 is 0 Å². The van der Waals surface area contributed by atoms with E-state index < -0.39 is 12.1 Å². The first-order chi connectivity index (χ1) is 17.2. The maximum atomic E-state index is 12.5. The molecule has 0 aliphatic carbocycles. The van der Waals surface area contributed by atoms with E-state index in [2.05, 4.69) is 23.8 Å². The summed E-state index contributed by atoms with van der Waals surface area (Å²) in [6, 6.07) is 11.2. The molecule has 2 aromatic carbocycles. The minimum atomic E-state index is -0.647. The van der Waals surface area contributed by atoms with Crippen LogP contribution in [-0.2, 0) is 16.1 Å². The summed E-state index contributed by atoms with van der Waals surface area (Å²) >= 11 is 0. The Bertz CT molecular complexity index is 1110. The highest BCUT2D eigenvalue weighted by molar-refractivity contribution is 6.43. The number of rotatable bonds is 8. The Morgan fingerprint density at radius 2 is 1.75 bits per heavy atom. The monoisotopic (exact) mass is 495 g/mol. The topological polar surface area (TPSA) is 115 Å². The summed E-state index contributed by atoms with van der Waals surface area (Å²) in [5, 5.41) is 27.8. The number of morpholine rings is 1. The SMILES string of the molecule is CC(C)CN1N=C(C(N)=O)N(c2ccc(CN3CCOCC3)cc2)C1c1cc(C(C)C)c(O)cc1O. The molecule has 1 unspecified atom stereocenters. The number of nitrogens with two attached hydrogens (primary N) is 1. The van der Waals surface area contributed by atoms with Gasteiger partial charge in [0.2, 0.25) is 5.84 Å². The fourth-order valence-electron chi connectivity index (χ4n) is 4.78. The number of hydrogen-bond acceptors (Lipinski definition) is 8. The van der Waals surface area contributed by atoms with Gasteiger partial charge in [-0.3, -0.25) is 19.6 Å². The van der Waals surface area contributed by atoms with Crippen LogP contribution in [0.2, 0.25) is 0 Å². The molecule has 2 heterocycles. The normalized spacial score (nSPS) is 18.8. The van der Waals surface area contributed by atoms with Gasteiger partial charge in [-0.05, 0) is 41.2 Å². The Hall–Kier alpha value is -3.30. The molecule has 0 bridgehead atoms. The highest BCUT2D eigenvalue weighted by Gasteiger charge is 2.40. The van der Waals surface area contributed by atoms with Crippen LogP contribution in [0.15, 0.2) is 41.5 Å². The van der Waals surface area contributed by atoms with Crippen LogP contribution in [0.3, 0.4) is 0 Å². The Kier molecular flexibility index (Phi) is 7.70. The molecule has 4 rings (SSSR count). The molecule has 2 aromatic rings. The Balaban J connectivity index is 1.74. The number of ether oxygens (including phenoxy) is 1. The van der Waals surface area contributed by atoms with Crippen molar-refractivity contribution in [3.8, 4) is 11.5 Å². The number of nitrogens with zero attached hydrogens (tertiary/aromatic N) is 4.